The summed E-state index contributed by atoms with van der Waals surface area (Å²) in [4.78, 5) is 25.5. The van der Waals surface area contributed by atoms with Crippen LogP contribution in [0.1, 0.15) is 56.3 Å². The molecule has 10 heteroatoms. The molecule has 1 aromatic rings. The lowest BCUT2D eigenvalue weighted by molar-refractivity contribution is -0.270. The highest BCUT2D eigenvalue weighted by atomic mass is 35.5. The van der Waals surface area contributed by atoms with Gasteiger partial charge in [-0.25, -0.2) is 0 Å². The normalized spacial score (nSPS) is 21.3. The fourth-order valence-electron chi connectivity index (χ4n) is 5.07. The van der Waals surface area contributed by atoms with Crippen molar-refractivity contribution < 1.29 is 27.9 Å². The van der Waals surface area contributed by atoms with Crippen molar-refractivity contribution in [2.45, 2.75) is 57.7 Å². The number of piperidine rings is 1. The molecule has 3 N–H and O–H groups in total. The van der Waals surface area contributed by atoms with Gasteiger partial charge in [-0.1, -0.05) is 25.4 Å². The molecule has 1 aliphatic carbocycles. The summed E-state index contributed by atoms with van der Waals surface area (Å²) < 4.78 is 40.3. The molecular weight excluding hydrogens is 471 g/mol. The van der Waals surface area contributed by atoms with E-state index < -0.39 is 23.6 Å². The van der Waals surface area contributed by atoms with E-state index in [1.165, 1.54) is 18.7 Å². The van der Waals surface area contributed by atoms with Gasteiger partial charge in [-0.15, -0.1) is 0 Å². The van der Waals surface area contributed by atoms with Crippen LogP contribution in [0.5, 0.6) is 0 Å². The van der Waals surface area contributed by atoms with Crippen LogP contribution in [0.3, 0.4) is 0 Å². The Labute approximate surface area is 203 Å². The molecule has 2 amide bonds. The smallest absolute Gasteiger partial charge is 0.385 e. The number of nitrogens with one attached hydrogen (secondary N) is 2. The van der Waals surface area contributed by atoms with Crippen LogP contribution in [-0.2, 0) is 4.79 Å². The second-order valence-corrected chi connectivity index (χ2v) is 10.2. The maximum absolute atomic E-state index is 13.4. The van der Waals surface area contributed by atoms with Crippen LogP contribution >= 0.6 is 11.6 Å². The fraction of sp³-hybridized carbons (Fsp3) is 0.667. The Morgan fingerprint density at radius 1 is 1.26 bits per heavy atom. The number of likely N-dealkylation sites (tertiary alicyclic amines) is 1. The highest BCUT2D eigenvalue weighted by molar-refractivity contribution is 6.34. The number of rotatable bonds is 8. The monoisotopic (exact) mass is 503 g/mol. The number of carbonyl (C=O) groups is 2. The molecule has 1 spiro atoms. The van der Waals surface area contributed by atoms with Gasteiger partial charge in [0.1, 0.15) is 0 Å². The van der Waals surface area contributed by atoms with E-state index in [0.29, 0.717) is 29.3 Å². The van der Waals surface area contributed by atoms with Crippen molar-refractivity contribution in [2.75, 3.05) is 32.0 Å². The Morgan fingerprint density at radius 3 is 2.44 bits per heavy atom. The fourth-order valence-corrected chi connectivity index (χ4v) is 5.34. The molecule has 0 unspecified atom stereocenters. The van der Waals surface area contributed by atoms with Gasteiger partial charge >= 0.3 is 6.18 Å². The molecule has 2 atom stereocenters. The Bertz CT molecular complexity index is 916. The summed E-state index contributed by atoms with van der Waals surface area (Å²) in [6.45, 7) is 3.65. The SMILES string of the molecule is CNC(=O)c1ccc(NCCC[C@@H]2CC23CCN(C(=O)[C@@](O)(C(C)C)C(F)(F)F)CC3)cc1Cl. The van der Waals surface area contributed by atoms with Crippen molar-refractivity contribution in [1.29, 1.82) is 0 Å². The molecule has 2 aliphatic rings. The summed E-state index contributed by atoms with van der Waals surface area (Å²) in [7, 11) is 1.55. The lowest BCUT2D eigenvalue weighted by Gasteiger charge is -2.40. The van der Waals surface area contributed by atoms with Crippen LogP contribution in [0.15, 0.2) is 18.2 Å². The highest BCUT2D eigenvalue weighted by Gasteiger charge is 2.63. The Balaban J connectivity index is 1.44. The van der Waals surface area contributed by atoms with Gasteiger partial charge in [0.15, 0.2) is 0 Å². The zero-order chi connectivity index (χ0) is 25.3. The average Bonchev–Trinajstić information content (AvgIpc) is 3.45. The van der Waals surface area contributed by atoms with Crippen molar-refractivity contribution in [3.05, 3.63) is 28.8 Å². The molecule has 0 bridgehead atoms. The first-order valence-corrected chi connectivity index (χ1v) is 12.1. The third-order valence-electron chi connectivity index (χ3n) is 7.50. The average molecular weight is 504 g/mol. The Kier molecular flexibility index (Phi) is 7.77. The molecular formula is C24H33ClF3N3O3. The first-order valence-electron chi connectivity index (χ1n) is 11.7. The molecule has 0 radical (unpaired) electrons. The first kappa shape index (κ1) is 26.6. The van der Waals surface area contributed by atoms with Gasteiger partial charge in [-0.3, -0.25) is 9.59 Å². The molecule has 34 heavy (non-hydrogen) atoms. The van der Waals surface area contributed by atoms with Crippen LogP contribution in [0.25, 0.3) is 0 Å². The van der Waals surface area contributed by atoms with Crippen molar-refractivity contribution in [2.24, 2.45) is 17.3 Å². The summed E-state index contributed by atoms with van der Waals surface area (Å²) in [5, 5.41) is 16.4. The maximum atomic E-state index is 13.4. The minimum atomic E-state index is -5.00. The number of hydrogen-bond acceptors (Lipinski definition) is 4. The molecule has 0 aromatic heterocycles. The van der Waals surface area contributed by atoms with Gasteiger partial charge in [0.2, 0.25) is 5.60 Å². The standard InChI is InChI=1S/C24H33ClF3N3O3/c1-15(2)23(34,24(26,27)28)21(33)31-11-8-22(9-12-31)14-16(22)5-4-10-30-17-6-7-18(19(25)13-17)20(32)29-3/h6-7,13,15-16,30,34H,4-5,8-12,14H2,1-3H3,(H,29,32)/t16-,23+/m1/s1. The van der Waals surface area contributed by atoms with E-state index >= 15 is 0 Å². The number of aliphatic hydroxyl groups is 1. The minimum Gasteiger partial charge on any atom is -0.385 e. The summed E-state index contributed by atoms with van der Waals surface area (Å²) in [6, 6.07) is 5.20. The third-order valence-corrected chi connectivity index (χ3v) is 7.81. The van der Waals surface area contributed by atoms with Crippen molar-refractivity contribution >= 4 is 29.1 Å². The molecule has 3 rings (SSSR count). The number of anilines is 1. The third kappa shape index (κ3) is 5.15. The number of benzene rings is 1. The van der Waals surface area contributed by atoms with Crippen LogP contribution in [0, 0.1) is 17.3 Å². The zero-order valence-corrected chi connectivity index (χ0v) is 20.5. The predicted molar refractivity (Wildman–Crippen MR) is 125 cm³/mol. The molecule has 190 valence electrons. The predicted octanol–water partition coefficient (Wildman–Crippen LogP) is 4.47. The van der Waals surface area contributed by atoms with Gasteiger partial charge in [0.25, 0.3) is 11.8 Å². The first-order chi connectivity index (χ1) is 15.9. The molecule has 6 nitrogen and oxygen atoms in total. The van der Waals surface area contributed by atoms with Crippen LogP contribution < -0.4 is 10.6 Å². The number of amides is 2. The van der Waals surface area contributed by atoms with E-state index in [-0.39, 0.29) is 24.4 Å². The molecule has 1 saturated carbocycles. The van der Waals surface area contributed by atoms with Crippen molar-refractivity contribution in [3.8, 4) is 0 Å². The van der Waals surface area contributed by atoms with E-state index in [4.69, 9.17) is 11.6 Å². The second kappa shape index (κ2) is 9.93. The van der Waals surface area contributed by atoms with Gasteiger partial charge in [0.05, 0.1) is 10.6 Å². The van der Waals surface area contributed by atoms with Crippen molar-refractivity contribution in [1.82, 2.24) is 10.2 Å². The number of nitrogens with zero attached hydrogens (tertiary/aromatic N) is 1. The quantitative estimate of drug-likeness (QED) is 0.457. The van der Waals surface area contributed by atoms with E-state index in [9.17, 15) is 27.9 Å². The zero-order valence-electron chi connectivity index (χ0n) is 19.8. The molecule has 1 aromatic carbocycles. The molecule has 2 fully saturated rings. The molecule has 1 aliphatic heterocycles. The van der Waals surface area contributed by atoms with Gasteiger partial charge in [-0.2, -0.15) is 13.2 Å². The van der Waals surface area contributed by atoms with Crippen LogP contribution in [-0.4, -0.2) is 60.3 Å². The van der Waals surface area contributed by atoms with Gasteiger partial charge < -0.3 is 20.6 Å². The summed E-state index contributed by atoms with van der Waals surface area (Å²) in [6.07, 6.45) is -0.738. The van der Waals surface area contributed by atoms with E-state index in [1.807, 2.05) is 0 Å². The number of alkyl halides is 3. The summed E-state index contributed by atoms with van der Waals surface area (Å²) in [5.41, 5.74) is -1.99. The topological polar surface area (TPSA) is 81.7 Å². The highest BCUT2D eigenvalue weighted by Crippen LogP contribution is 2.61. The van der Waals surface area contributed by atoms with Crippen molar-refractivity contribution in [3.63, 3.8) is 0 Å². The number of hydrogen-bond donors (Lipinski definition) is 3. The maximum Gasteiger partial charge on any atom is 0.426 e. The number of halogens is 4. The summed E-state index contributed by atoms with van der Waals surface area (Å²) >= 11 is 6.17. The Morgan fingerprint density at radius 2 is 1.91 bits per heavy atom. The second-order valence-electron chi connectivity index (χ2n) is 9.82. The Hall–Kier alpha value is -2.00. The van der Waals surface area contributed by atoms with Gasteiger partial charge in [-0.05, 0) is 61.6 Å². The lowest BCUT2D eigenvalue weighted by Crippen LogP contribution is -2.62. The van der Waals surface area contributed by atoms with E-state index in [0.717, 1.165) is 31.5 Å². The van der Waals surface area contributed by atoms with E-state index in [2.05, 4.69) is 10.6 Å². The molecule has 1 saturated heterocycles. The van der Waals surface area contributed by atoms with Crippen LogP contribution in [0.2, 0.25) is 5.02 Å². The van der Waals surface area contributed by atoms with E-state index in [1.54, 1.807) is 25.2 Å². The molecule has 1 heterocycles. The van der Waals surface area contributed by atoms with Gasteiger partial charge in [0, 0.05) is 38.3 Å². The van der Waals surface area contributed by atoms with Crippen LogP contribution in [0.4, 0.5) is 18.9 Å². The largest absolute Gasteiger partial charge is 0.426 e. The lowest BCUT2D eigenvalue weighted by atomic mass is 9.85. The minimum absolute atomic E-state index is 0.101. The summed E-state index contributed by atoms with van der Waals surface area (Å²) in [5.74, 6) is -2.23. The number of carbonyl (C=O) groups excluding carboxylic acids is 2.